The fourth-order valence-corrected chi connectivity index (χ4v) is 5.00. The molecule has 2 aromatic carbocycles. The van der Waals surface area contributed by atoms with Crippen LogP contribution in [0.1, 0.15) is 46.4 Å². The van der Waals surface area contributed by atoms with Gasteiger partial charge in [-0.25, -0.2) is 9.18 Å². The van der Waals surface area contributed by atoms with E-state index in [1.165, 1.54) is 30.6 Å². The molecule has 0 saturated carbocycles. The Morgan fingerprint density at radius 3 is 2.53 bits per heavy atom. The Labute approximate surface area is 191 Å². The van der Waals surface area contributed by atoms with Crippen LogP contribution in [-0.4, -0.2) is 18.6 Å². The summed E-state index contributed by atoms with van der Waals surface area (Å²) in [6.07, 6.45) is 2.16. The fraction of sp³-hybridized carbons (Fsp3) is 0.269. The van der Waals surface area contributed by atoms with Crippen molar-refractivity contribution < 1.29 is 18.7 Å². The molecule has 3 aromatic rings. The number of rotatable bonds is 5. The number of fused-ring (bicyclic) bond motifs is 1. The molecule has 0 aliphatic carbocycles. The maximum atomic E-state index is 13.8. The van der Waals surface area contributed by atoms with Crippen LogP contribution in [0.4, 0.5) is 10.1 Å². The lowest BCUT2D eigenvalue weighted by Gasteiger charge is -2.33. The Hall–Kier alpha value is -3.12. The van der Waals surface area contributed by atoms with Gasteiger partial charge in [0.15, 0.2) is 0 Å². The molecule has 1 aliphatic rings. The number of nitrogens with one attached hydrogen (secondary N) is 1. The van der Waals surface area contributed by atoms with Gasteiger partial charge in [0.1, 0.15) is 23.1 Å². The Bertz CT molecular complexity index is 1230. The predicted octanol–water partition coefficient (Wildman–Crippen LogP) is 6.84. The first-order valence-electron chi connectivity index (χ1n) is 10.4. The molecule has 0 fully saturated rings. The van der Waals surface area contributed by atoms with Crippen molar-refractivity contribution in [3.8, 4) is 16.9 Å². The molecule has 0 radical (unpaired) electrons. The van der Waals surface area contributed by atoms with Crippen molar-refractivity contribution in [2.75, 3.05) is 12.4 Å². The van der Waals surface area contributed by atoms with Gasteiger partial charge >= 0.3 is 5.97 Å². The zero-order valence-electron chi connectivity index (χ0n) is 18.8. The number of hydrogen-bond donors (Lipinski definition) is 1. The second-order valence-electron chi connectivity index (χ2n) is 8.52. The standard InChI is InChI=1S/C26H26FNO3S/c1-15-13-26(3,4)28-21-10-9-18(19-8-7-17(27)12-22(19)30-5)20(24(15)21)14-31-25(29)23-11-6-16(2)32-23/h6-13,28H,14H2,1-5H3. The fourth-order valence-electron chi connectivity index (χ4n) is 4.24. The number of benzene rings is 2. The van der Waals surface area contributed by atoms with Crippen LogP contribution in [0.25, 0.3) is 16.7 Å². The summed E-state index contributed by atoms with van der Waals surface area (Å²) < 4.78 is 25.1. The number of ether oxygens (including phenoxy) is 2. The minimum atomic E-state index is -0.371. The third-order valence-corrected chi connectivity index (χ3v) is 6.47. The molecule has 0 amide bonds. The van der Waals surface area contributed by atoms with E-state index in [1.54, 1.807) is 12.1 Å². The van der Waals surface area contributed by atoms with E-state index >= 15 is 0 Å². The summed E-state index contributed by atoms with van der Waals surface area (Å²) in [6.45, 7) is 8.31. The van der Waals surface area contributed by atoms with Gasteiger partial charge < -0.3 is 14.8 Å². The van der Waals surface area contributed by atoms with Crippen LogP contribution in [0.2, 0.25) is 0 Å². The van der Waals surface area contributed by atoms with Crippen LogP contribution in [0.3, 0.4) is 0 Å². The summed E-state index contributed by atoms with van der Waals surface area (Å²) in [4.78, 5) is 14.3. The van der Waals surface area contributed by atoms with Gasteiger partial charge in [0.25, 0.3) is 0 Å². The minimum absolute atomic E-state index is 0.0854. The van der Waals surface area contributed by atoms with Crippen molar-refractivity contribution >= 4 is 28.6 Å². The number of carbonyl (C=O) groups is 1. The van der Waals surface area contributed by atoms with Crippen LogP contribution < -0.4 is 10.1 Å². The van der Waals surface area contributed by atoms with Gasteiger partial charge in [0, 0.05) is 33.3 Å². The summed E-state index contributed by atoms with van der Waals surface area (Å²) in [7, 11) is 1.52. The van der Waals surface area contributed by atoms with Gasteiger partial charge in [-0.3, -0.25) is 0 Å². The van der Waals surface area contributed by atoms with E-state index in [0.29, 0.717) is 10.6 Å². The summed E-state index contributed by atoms with van der Waals surface area (Å²) >= 11 is 1.41. The van der Waals surface area contributed by atoms with Crippen molar-refractivity contribution in [2.24, 2.45) is 0 Å². The monoisotopic (exact) mass is 451 g/mol. The molecule has 166 valence electrons. The summed E-state index contributed by atoms with van der Waals surface area (Å²) in [6, 6.07) is 12.1. The van der Waals surface area contributed by atoms with E-state index in [-0.39, 0.29) is 23.9 Å². The number of aryl methyl sites for hydroxylation is 1. The molecule has 0 spiro atoms. The molecule has 0 bridgehead atoms. The van der Waals surface area contributed by atoms with Gasteiger partial charge in [-0.15, -0.1) is 11.3 Å². The maximum absolute atomic E-state index is 13.8. The average molecular weight is 452 g/mol. The van der Waals surface area contributed by atoms with Gasteiger partial charge in [-0.1, -0.05) is 12.1 Å². The quantitative estimate of drug-likeness (QED) is 0.432. The van der Waals surface area contributed by atoms with Crippen LogP contribution in [0.5, 0.6) is 5.75 Å². The topological polar surface area (TPSA) is 47.6 Å². The van der Waals surface area contributed by atoms with E-state index in [1.807, 2.05) is 25.1 Å². The SMILES string of the molecule is COc1cc(F)ccc1-c1ccc2c(c1COC(=O)c1ccc(C)s1)C(C)=CC(C)(C)N2. The van der Waals surface area contributed by atoms with Gasteiger partial charge in [-0.05, 0) is 69.2 Å². The number of halogens is 1. The van der Waals surface area contributed by atoms with E-state index in [9.17, 15) is 9.18 Å². The van der Waals surface area contributed by atoms with Crippen LogP contribution in [-0.2, 0) is 11.3 Å². The minimum Gasteiger partial charge on any atom is -0.496 e. The van der Waals surface area contributed by atoms with E-state index in [0.717, 1.165) is 38.4 Å². The van der Waals surface area contributed by atoms with E-state index < -0.39 is 0 Å². The van der Waals surface area contributed by atoms with Crippen molar-refractivity contribution in [3.63, 3.8) is 0 Å². The van der Waals surface area contributed by atoms with E-state index in [4.69, 9.17) is 9.47 Å². The van der Waals surface area contributed by atoms with Gasteiger partial charge in [-0.2, -0.15) is 0 Å². The number of hydrogen-bond acceptors (Lipinski definition) is 5. The molecule has 0 saturated heterocycles. The summed E-state index contributed by atoms with van der Waals surface area (Å²) in [5, 5.41) is 3.54. The van der Waals surface area contributed by atoms with Gasteiger partial charge in [0.2, 0.25) is 0 Å². The average Bonchev–Trinajstić information content (AvgIpc) is 3.17. The van der Waals surface area contributed by atoms with Crippen molar-refractivity contribution in [1.82, 2.24) is 0 Å². The lowest BCUT2D eigenvalue weighted by Crippen LogP contribution is -2.32. The first-order valence-corrected chi connectivity index (χ1v) is 11.2. The third kappa shape index (κ3) is 4.28. The molecular formula is C26H26FNO3S. The highest BCUT2D eigenvalue weighted by Crippen LogP contribution is 2.42. The molecule has 1 aliphatic heterocycles. The predicted molar refractivity (Wildman–Crippen MR) is 128 cm³/mol. The van der Waals surface area contributed by atoms with Crippen LogP contribution >= 0.6 is 11.3 Å². The number of esters is 1. The molecule has 0 atom stereocenters. The molecular weight excluding hydrogens is 425 g/mol. The molecule has 32 heavy (non-hydrogen) atoms. The maximum Gasteiger partial charge on any atom is 0.348 e. The highest BCUT2D eigenvalue weighted by molar-refractivity contribution is 7.13. The third-order valence-electron chi connectivity index (χ3n) is 5.48. The number of methoxy groups -OCH3 is 1. The van der Waals surface area contributed by atoms with Crippen LogP contribution in [0.15, 0.2) is 48.5 Å². The first kappa shape index (κ1) is 22.1. The molecule has 0 unspecified atom stereocenters. The summed E-state index contributed by atoms with van der Waals surface area (Å²) in [5.74, 6) is -0.301. The van der Waals surface area contributed by atoms with Crippen LogP contribution in [0, 0.1) is 12.7 Å². The molecule has 4 nitrogen and oxygen atoms in total. The molecule has 4 rings (SSSR count). The molecule has 1 N–H and O–H groups in total. The Kier molecular flexibility index (Phi) is 5.82. The lowest BCUT2D eigenvalue weighted by molar-refractivity contribution is 0.0479. The number of anilines is 1. The first-order chi connectivity index (χ1) is 15.2. The number of allylic oxidation sites excluding steroid dienone is 1. The van der Waals surface area contributed by atoms with Crippen molar-refractivity contribution in [2.45, 2.75) is 39.8 Å². The zero-order chi connectivity index (χ0) is 23.0. The Morgan fingerprint density at radius 2 is 1.84 bits per heavy atom. The second kappa shape index (κ2) is 8.43. The molecule has 6 heteroatoms. The highest BCUT2D eigenvalue weighted by atomic mass is 32.1. The zero-order valence-corrected chi connectivity index (χ0v) is 19.7. The van der Waals surface area contributed by atoms with Crippen molar-refractivity contribution in [3.05, 3.63) is 75.2 Å². The number of thiophene rings is 1. The molecule has 2 heterocycles. The van der Waals surface area contributed by atoms with Gasteiger partial charge in [0.05, 0.1) is 12.6 Å². The Morgan fingerprint density at radius 1 is 1.09 bits per heavy atom. The number of carbonyl (C=O) groups excluding carboxylic acids is 1. The normalized spacial score (nSPS) is 14.2. The lowest BCUT2D eigenvalue weighted by atomic mass is 9.85. The molecule has 1 aromatic heterocycles. The smallest absolute Gasteiger partial charge is 0.348 e. The largest absolute Gasteiger partial charge is 0.496 e. The highest BCUT2D eigenvalue weighted by Gasteiger charge is 2.27. The van der Waals surface area contributed by atoms with Crippen molar-refractivity contribution in [1.29, 1.82) is 0 Å². The Balaban J connectivity index is 1.82. The second-order valence-corrected chi connectivity index (χ2v) is 9.81. The summed E-state index contributed by atoms with van der Waals surface area (Å²) in [5.41, 5.74) is 5.28. The van der Waals surface area contributed by atoms with E-state index in [2.05, 4.69) is 32.2 Å².